The van der Waals surface area contributed by atoms with E-state index in [-0.39, 0.29) is 11.6 Å². The van der Waals surface area contributed by atoms with Gasteiger partial charge >= 0.3 is 0 Å². The average Bonchev–Trinajstić information content (AvgIpc) is 2.50. The normalized spacial score (nSPS) is 13.2. The lowest BCUT2D eigenvalue weighted by Crippen LogP contribution is -2.20. The lowest BCUT2D eigenvalue weighted by Gasteiger charge is -2.20. The number of amides is 1. The summed E-state index contributed by atoms with van der Waals surface area (Å²) in [7, 11) is 0. The van der Waals surface area contributed by atoms with Crippen molar-refractivity contribution in [1.29, 1.82) is 0 Å². The zero-order valence-electron chi connectivity index (χ0n) is 11.9. The number of rotatable bonds is 2. The minimum absolute atomic E-state index is 0.254. The predicted octanol–water partition coefficient (Wildman–Crippen LogP) is 3.74. The molecule has 1 aliphatic rings. The molecular formula is C17H17FN2O. The molecule has 21 heavy (non-hydrogen) atoms. The number of anilines is 2. The predicted molar refractivity (Wildman–Crippen MR) is 82.3 cm³/mol. The zero-order valence-corrected chi connectivity index (χ0v) is 11.9. The Balaban J connectivity index is 1.93. The highest BCUT2D eigenvalue weighted by Gasteiger charge is 2.18. The molecule has 0 unspecified atom stereocenters. The summed E-state index contributed by atoms with van der Waals surface area (Å²) in [6.07, 6.45) is 1.86. The van der Waals surface area contributed by atoms with Crippen LogP contribution in [0.3, 0.4) is 0 Å². The summed E-state index contributed by atoms with van der Waals surface area (Å²) in [4.78, 5) is 12.5. The molecule has 2 aromatic carbocycles. The number of fused-ring (bicyclic) bond motifs is 1. The zero-order chi connectivity index (χ0) is 14.8. The number of benzene rings is 2. The van der Waals surface area contributed by atoms with Crippen molar-refractivity contribution in [3.63, 3.8) is 0 Å². The molecule has 0 saturated carbocycles. The van der Waals surface area contributed by atoms with E-state index in [1.54, 1.807) is 25.1 Å². The molecule has 3 rings (SSSR count). The van der Waals surface area contributed by atoms with Crippen LogP contribution in [0.25, 0.3) is 0 Å². The van der Waals surface area contributed by atoms with Crippen molar-refractivity contribution in [2.24, 2.45) is 0 Å². The molecule has 0 aliphatic carbocycles. The SMILES string of the molecule is Cc1cccc(F)c1NC(=O)c1cccc2c1CCCN2. The Morgan fingerprint density at radius 2 is 2.05 bits per heavy atom. The van der Waals surface area contributed by atoms with E-state index in [0.717, 1.165) is 30.6 Å². The monoisotopic (exact) mass is 284 g/mol. The Kier molecular flexibility index (Phi) is 3.60. The van der Waals surface area contributed by atoms with Crippen molar-refractivity contribution in [2.75, 3.05) is 17.2 Å². The molecule has 2 N–H and O–H groups in total. The Morgan fingerprint density at radius 3 is 2.86 bits per heavy atom. The number of nitrogens with one attached hydrogen (secondary N) is 2. The van der Waals surface area contributed by atoms with E-state index < -0.39 is 5.82 Å². The number of aryl methyl sites for hydroxylation is 1. The maximum atomic E-state index is 13.8. The Labute approximate surface area is 123 Å². The first-order valence-electron chi connectivity index (χ1n) is 7.09. The summed E-state index contributed by atoms with van der Waals surface area (Å²) in [6, 6.07) is 10.4. The Bertz CT molecular complexity index is 677. The maximum absolute atomic E-state index is 13.8. The van der Waals surface area contributed by atoms with Crippen LogP contribution in [0.4, 0.5) is 15.8 Å². The first kappa shape index (κ1) is 13.6. The van der Waals surface area contributed by atoms with Crippen molar-refractivity contribution in [3.05, 3.63) is 58.9 Å². The van der Waals surface area contributed by atoms with E-state index >= 15 is 0 Å². The molecule has 1 heterocycles. The van der Waals surface area contributed by atoms with Crippen LogP contribution in [0.2, 0.25) is 0 Å². The van der Waals surface area contributed by atoms with Crippen molar-refractivity contribution < 1.29 is 9.18 Å². The van der Waals surface area contributed by atoms with Gasteiger partial charge in [0.1, 0.15) is 5.82 Å². The topological polar surface area (TPSA) is 41.1 Å². The summed E-state index contributed by atoms with van der Waals surface area (Å²) < 4.78 is 13.8. The van der Waals surface area contributed by atoms with Gasteiger partial charge in [-0.2, -0.15) is 0 Å². The second kappa shape index (κ2) is 5.56. The van der Waals surface area contributed by atoms with Gasteiger partial charge in [-0.25, -0.2) is 4.39 Å². The van der Waals surface area contributed by atoms with Crippen LogP contribution in [0, 0.1) is 12.7 Å². The van der Waals surface area contributed by atoms with Gasteiger partial charge in [-0.1, -0.05) is 18.2 Å². The van der Waals surface area contributed by atoms with E-state index in [1.807, 2.05) is 12.1 Å². The number of hydrogen-bond acceptors (Lipinski definition) is 2. The molecule has 2 aromatic rings. The van der Waals surface area contributed by atoms with Gasteiger partial charge in [-0.05, 0) is 49.1 Å². The van der Waals surface area contributed by atoms with Crippen LogP contribution in [0.5, 0.6) is 0 Å². The third kappa shape index (κ3) is 2.61. The van der Waals surface area contributed by atoms with E-state index in [0.29, 0.717) is 11.1 Å². The molecule has 4 heteroatoms. The fraction of sp³-hybridized carbons (Fsp3) is 0.235. The average molecular weight is 284 g/mol. The third-order valence-electron chi connectivity index (χ3n) is 3.80. The first-order chi connectivity index (χ1) is 10.2. The minimum Gasteiger partial charge on any atom is -0.385 e. The summed E-state index contributed by atoms with van der Waals surface area (Å²) in [5, 5.41) is 5.99. The standard InChI is InChI=1S/C17H17FN2O/c1-11-5-2-8-14(18)16(11)20-17(21)13-6-3-9-15-12(13)7-4-10-19-15/h2-3,5-6,8-9,19H,4,7,10H2,1H3,(H,20,21). The highest BCUT2D eigenvalue weighted by Crippen LogP contribution is 2.27. The van der Waals surface area contributed by atoms with Crippen molar-refractivity contribution in [1.82, 2.24) is 0 Å². The molecule has 0 bridgehead atoms. The van der Waals surface area contributed by atoms with Crippen LogP contribution in [-0.2, 0) is 6.42 Å². The van der Waals surface area contributed by atoms with Crippen LogP contribution in [-0.4, -0.2) is 12.5 Å². The van der Waals surface area contributed by atoms with Crippen molar-refractivity contribution in [2.45, 2.75) is 19.8 Å². The highest BCUT2D eigenvalue weighted by atomic mass is 19.1. The second-order valence-corrected chi connectivity index (χ2v) is 5.25. The van der Waals surface area contributed by atoms with E-state index in [9.17, 15) is 9.18 Å². The van der Waals surface area contributed by atoms with Crippen LogP contribution in [0.1, 0.15) is 27.9 Å². The molecule has 1 amide bonds. The molecule has 1 aliphatic heterocycles. The molecule has 0 atom stereocenters. The number of carbonyl (C=O) groups excluding carboxylic acids is 1. The Hall–Kier alpha value is -2.36. The van der Waals surface area contributed by atoms with Gasteiger partial charge in [-0.15, -0.1) is 0 Å². The number of carbonyl (C=O) groups is 1. The molecule has 0 radical (unpaired) electrons. The molecule has 0 aromatic heterocycles. The maximum Gasteiger partial charge on any atom is 0.256 e. The van der Waals surface area contributed by atoms with Gasteiger partial charge in [0, 0.05) is 17.8 Å². The third-order valence-corrected chi connectivity index (χ3v) is 3.80. The number of para-hydroxylation sites is 1. The van der Waals surface area contributed by atoms with Gasteiger partial charge in [0.05, 0.1) is 5.69 Å². The van der Waals surface area contributed by atoms with Gasteiger partial charge in [0.25, 0.3) is 5.91 Å². The van der Waals surface area contributed by atoms with Crippen LogP contribution in [0.15, 0.2) is 36.4 Å². The van der Waals surface area contributed by atoms with Gasteiger partial charge < -0.3 is 10.6 Å². The largest absolute Gasteiger partial charge is 0.385 e. The molecular weight excluding hydrogens is 267 g/mol. The fourth-order valence-electron chi connectivity index (χ4n) is 2.69. The summed E-state index contributed by atoms with van der Waals surface area (Å²) in [6.45, 7) is 2.70. The second-order valence-electron chi connectivity index (χ2n) is 5.25. The van der Waals surface area contributed by atoms with E-state index in [1.165, 1.54) is 6.07 Å². The van der Waals surface area contributed by atoms with Crippen molar-refractivity contribution >= 4 is 17.3 Å². The highest BCUT2D eigenvalue weighted by molar-refractivity contribution is 6.06. The lowest BCUT2D eigenvalue weighted by atomic mass is 9.97. The van der Waals surface area contributed by atoms with Crippen molar-refractivity contribution in [3.8, 4) is 0 Å². The molecule has 0 fully saturated rings. The smallest absolute Gasteiger partial charge is 0.256 e. The van der Waals surface area contributed by atoms with Gasteiger partial charge in [0.2, 0.25) is 0 Å². The summed E-state index contributed by atoms with van der Waals surface area (Å²) in [5.41, 5.74) is 3.59. The van der Waals surface area contributed by atoms with Gasteiger partial charge in [-0.3, -0.25) is 4.79 Å². The summed E-state index contributed by atoms with van der Waals surface area (Å²) >= 11 is 0. The summed E-state index contributed by atoms with van der Waals surface area (Å²) in [5.74, 6) is -0.671. The number of hydrogen-bond donors (Lipinski definition) is 2. The van der Waals surface area contributed by atoms with E-state index in [4.69, 9.17) is 0 Å². The number of halogens is 1. The molecule has 3 nitrogen and oxygen atoms in total. The van der Waals surface area contributed by atoms with Gasteiger partial charge in [0.15, 0.2) is 0 Å². The Morgan fingerprint density at radius 1 is 1.24 bits per heavy atom. The molecule has 0 spiro atoms. The first-order valence-corrected chi connectivity index (χ1v) is 7.09. The lowest BCUT2D eigenvalue weighted by molar-refractivity contribution is 0.102. The minimum atomic E-state index is -0.411. The van der Waals surface area contributed by atoms with Crippen LogP contribution >= 0.6 is 0 Å². The van der Waals surface area contributed by atoms with E-state index in [2.05, 4.69) is 10.6 Å². The fourth-order valence-corrected chi connectivity index (χ4v) is 2.69. The quantitative estimate of drug-likeness (QED) is 0.882. The molecule has 0 saturated heterocycles. The van der Waals surface area contributed by atoms with Crippen LogP contribution < -0.4 is 10.6 Å². The molecule has 108 valence electrons.